The minimum absolute atomic E-state index is 0.555. The van der Waals surface area contributed by atoms with Gasteiger partial charge in [-0.1, -0.05) is 13.8 Å². The quantitative estimate of drug-likeness (QED) is 0.102. The molecule has 0 aromatic carbocycles. The summed E-state index contributed by atoms with van der Waals surface area (Å²) in [6, 6.07) is 0. The van der Waals surface area contributed by atoms with Crippen molar-refractivity contribution in [3.8, 4) is 0 Å². The Morgan fingerprint density at radius 1 is 0.435 bits per heavy atom. The summed E-state index contributed by atoms with van der Waals surface area (Å²) in [5.74, 6) is 0. The largest absolute Gasteiger partial charge is 0.394 e. The van der Waals surface area contributed by atoms with Crippen LogP contribution in [0.1, 0.15) is 13.8 Å². The Balaban J connectivity index is 1.43. The molecule has 0 bridgehead atoms. The molecule has 19 unspecified atom stereocenters. The van der Waals surface area contributed by atoms with Crippen LogP contribution in [0.15, 0.2) is 0 Å². The van der Waals surface area contributed by atoms with E-state index in [2.05, 4.69) is 0 Å². The van der Waals surface area contributed by atoms with Crippen LogP contribution in [0.25, 0.3) is 0 Å². The molecule has 4 aliphatic rings. The van der Waals surface area contributed by atoms with Crippen LogP contribution < -0.4 is 0 Å². The molecular formula is C26H46O20. The molecule has 19 atom stereocenters. The van der Waals surface area contributed by atoms with Crippen LogP contribution in [0.4, 0.5) is 0 Å². The molecule has 4 saturated heterocycles. The number of aliphatic hydroxyl groups excluding tert-OH is 13. The molecule has 0 aliphatic carbocycles. The standard InChI is InChI=1S/C26H46O20/c1-26(2)10(6-30)43-25(18(38)21(26)39)45-20-8(4-28)41-22(16(36)13(20)33)44-19-9(5-29)42-24(17(37)14(19)34)46-23-15(35)12(32)11(31)7(3-27)40-23/h7-25,27-39H,3-6H2,1-2H3. The van der Waals surface area contributed by atoms with E-state index in [0.29, 0.717) is 0 Å². The molecule has 4 fully saturated rings. The first-order valence-electron chi connectivity index (χ1n) is 14.8. The normalized spacial score (nSPS) is 51.6. The molecule has 0 spiro atoms. The number of rotatable bonds is 10. The monoisotopic (exact) mass is 678 g/mol. The molecule has 0 saturated carbocycles. The van der Waals surface area contributed by atoms with Crippen molar-refractivity contribution in [3.63, 3.8) is 0 Å². The molecule has 20 heteroatoms. The van der Waals surface area contributed by atoms with Gasteiger partial charge < -0.3 is 99.5 Å². The van der Waals surface area contributed by atoms with Crippen LogP contribution in [0, 0.1) is 5.41 Å². The van der Waals surface area contributed by atoms with Gasteiger partial charge in [0.25, 0.3) is 0 Å². The van der Waals surface area contributed by atoms with Crippen molar-refractivity contribution in [1.29, 1.82) is 0 Å². The topological polar surface area (TPSA) is 328 Å². The third kappa shape index (κ3) is 7.22. The van der Waals surface area contributed by atoms with Gasteiger partial charge in [0.2, 0.25) is 0 Å². The molecule has 4 aliphatic heterocycles. The van der Waals surface area contributed by atoms with Gasteiger partial charge in [-0.3, -0.25) is 0 Å². The van der Waals surface area contributed by atoms with E-state index in [1.54, 1.807) is 13.8 Å². The maximum absolute atomic E-state index is 10.9. The van der Waals surface area contributed by atoms with Crippen LogP contribution in [0.5, 0.6) is 0 Å². The first-order valence-corrected chi connectivity index (χ1v) is 14.8. The van der Waals surface area contributed by atoms with E-state index < -0.39 is 149 Å². The summed E-state index contributed by atoms with van der Waals surface area (Å²) in [6.07, 6.45) is -32.0. The molecule has 0 amide bonds. The van der Waals surface area contributed by atoms with Crippen molar-refractivity contribution in [2.75, 3.05) is 26.4 Å². The summed E-state index contributed by atoms with van der Waals surface area (Å²) in [7, 11) is 0. The zero-order valence-electron chi connectivity index (χ0n) is 25.0. The van der Waals surface area contributed by atoms with Crippen LogP contribution in [-0.2, 0) is 33.2 Å². The lowest BCUT2D eigenvalue weighted by Crippen LogP contribution is -2.67. The summed E-state index contributed by atoms with van der Waals surface area (Å²) < 4.78 is 38.5. The highest BCUT2D eigenvalue weighted by molar-refractivity contribution is 4.99. The minimum Gasteiger partial charge on any atom is -0.394 e. The average Bonchev–Trinajstić information content (AvgIpc) is 3.03. The molecule has 0 aromatic heterocycles. The highest BCUT2D eigenvalue weighted by Gasteiger charge is 2.56. The lowest BCUT2D eigenvalue weighted by atomic mass is 9.76. The van der Waals surface area contributed by atoms with Gasteiger partial charge in [-0.25, -0.2) is 0 Å². The van der Waals surface area contributed by atoms with Crippen LogP contribution >= 0.6 is 0 Å². The van der Waals surface area contributed by atoms with E-state index in [0.717, 1.165) is 0 Å². The summed E-state index contributed by atoms with van der Waals surface area (Å²) in [5, 5.41) is 134. The van der Waals surface area contributed by atoms with Gasteiger partial charge in [0.15, 0.2) is 25.2 Å². The Labute approximate surface area is 262 Å². The number of aliphatic hydroxyl groups is 13. The Kier molecular flexibility index (Phi) is 12.7. The predicted molar refractivity (Wildman–Crippen MR) is 142 cm³/mol. The van der Waals surface area contributed by atoms with Gasteiger partial charge in [-0.15, -0.1) is 0 Å². The second-order valence-electron chi connectivity index (χ2n) is 12.4. The summed E-state index contributed by atoms with van der Waals surface area (Å²) >= 11 is 0. The second kappa shape index (κ2) is 15.4. The SMILES string of the molecule is CC1(C)C(CO)OC(OC2C(CO)OC(OC3C(CO)OC(OC4OC(CO)C(O)C(O)C4O)C(O)C3O)C(O)C2O)C(O)C1O. The number of hydrogen-bond acceptors (Lipinski definition) is 20. The van der Waals surface area contributed by atoms with Gasteiger partial charge in [-0.05, 0) is 0 Å². The Morgan fingerprint density at radius 2 is 0.826 bits per heavy atom. The van der Waals surface area contributed by atoms with Crippen molar-refractivity contribution in [3.05, 3.63) is 0 Å². The van der Waals surface area contributed by atoms with E-state index in [9.17, 15) is 66.4 Å². The lowest BCUT2D eigenvalue weighted by Gasteiger charge is -2.50. The molecule has 0 radical (unpaired) electrons. The number of ether oxygens (including phenoxy) is 7. The first kappa shape index (κ1) is 38.0. The van der Waals surface area contributed by atoms with Crippen LogP contribution in [0.2, 0.25) is 0 Å². The lowest BCUT2D eigenvalue weighted by molar-refractivity contribution is -0.397. The summed E-state index contributed by atoms with van der Waals surface area (Å²) in [4.78, 5) is 0. The molecule has 20 nitrogen and oxygen atoms in total. The van der Waals surface area contributed by atoms with E-state index in [4.69, 9.17) is 33.2 Å². The third-order valence-electron chi connectivity index (χ3n) is 9.00. The maximum Gasteiger partial charge on any atom is 0.189 e. The van der Waals surface area contributed by atoms with Gasteiger partial charge in [0.1, 0.15) is 79.4 Å². The summed E-state index contributed by atoms with van der Waals surface area (Å²) in [5.41, 5.74) is -1.10. The van der Waals surface area contributed by atoms with Crippen molar-refractivity contribution in [2.24, 2.45) is 5.41 Å². The van der Waals surface area contributed by atoms with Crippen molar-refractivity contribution < 1.29 is 99.5 Å². The summed E-state index contributed by atoms with van der Waals surface area (Å²) in [6.45, 7) is 0.0282. The Hall–Kier alpha value is -0.800. The molecule has 46 heavy (non-hydrogen) atoms. The molecule has 0 aromatic rings. The van der Waals surface area contributed by atoms with Gasteiger partial charge in [0.05, 0.1) is 38.6 Å². The fourth-order valence-electron chi connectivity index (χ4n) is 5.88. The van der Waals surface area contributed by atoms with E-state index in [-0.39, 0.29) is 0 Å². The van der Waals surface area contributed by atoms with Gasteiger partial charge in [0, 0.05) is 5.41 Å². The van der Waals surface area contributed by atoms with Crippen LogP contribution in [-0.4, -0.2) is 210 Å². The molecular weight excluding hydrogens is 632 g/mol. The smallest absolute Gasteiger partial charge is 0.189 e. The van der Waals surface area contributed by atoms with E-state index >= 15 is 0 Å². The minimum atomic E-state index is -1.99. The van der Waals surface area contributed by atoms with Crippen molar-refractivity contribution >= 4 is 0 Å². The number of hydrogen-bond donors (Lipinski definition) is 13. The van der Waals surface area contributed by atoms with Gasteiger partial charge >= 0.3 is 0 Å². The Bertz CT molecular complexity index is 950. The van der Waals surface area contributed by atoms with E-state index in [1.165, 1.54) is 0 Å². The fraction of sp³-hybridized carbons (Fsp3) is 1.00. The van der Waals surface area contributed by atoms with E-state index in [1.807, 2.05) is 0 Å². The average molecular weight is 679 g/mol. The zero-order valence-corrected chi connectivity index (χ0v) is 25.0. The third-order valence-corrected chi connectivity index (χ3v) is 9.00. The highest BCUT2D eigenvalue weighted by atomic mass is 16.8. The molecule has 4 heterocycles. The van der Waals surface area contributed by atoms with Crippen molar-refractivity contribution in [1.82, 2.24) is 0 Å². The Morgan fingerprint density at radius 3 is 1.26 bits per heavy atom. The van der Waals surface area contributed by atoms with Crippen LogP contribution in [0.3, 0.4) is 0 Å². The molecule has 270 valence electrons. The molecule has 4 rings (SSSR count). The molecule has 13 N–H and O–H groups in total. The van der Waals surface area contributed by atoms with Crippen molar-refractivity contribution in [2.45, 2.75) is 131 Å². The second-order valence-corrected chi connectivity index (χ2v) is 12.4. The first-order chi connectivity index (χ1) is 21.6. The predicted octanol–water partition coefficient (Wildman–Crippen LogP) is -8.08. The fourth-order valence-corrected chi connectivity index (χ4v) is 5.88. The van der Waals surface area contributed by atoms with Gasteiger partial charge in [-0.2, -0.15) is 0 Å². The maximum atomic E-state index is 10.9. The zero-order chi connectivity index (χ0) is 34.2. The highest BCUT2D eigenvalue weighted by Crippen LogP contribution is 2.39.